The number of hydrogen-bond acceptors (Lipinski definition) is 3. The predicted molar refractivity (Wildman–Crippen MR) is 94.3 cm³/mol. The summed E-state index contributed by atoms with van der Waals surface area (Å²) in [6.45, 7) is 6.70. The van der Waals surface area contributed by atoms with Crippen molar-refractivity contribution >= 4 is 5.91 Å². The van der Waals surface area contributed by atoms with Gasteiger partial charge in [0.25, 0.3) is 5.91 Å². The number of carbonyl (C=O) groups excluding carboxylic acids is 1. The number of aromatic amines is 1. The first-order valence-corrected chi connectivity index (χ1v) is 8.23. The van der Waals surface area contributed by atoms with Crippen LogP contribution in [0.2, 0.25) is 0 Å². The second-order valence-corrected chi connectivity index (χ2v) is 6.06. The molecule has 1 heterocycles. The zero-order chi connectivity index (χ0) is 17.5. The third-order valence-corrected chi connectivity index (χ3v) is 3.62. The Labute approximate surface area is 142 Å². The van der Waals surface area contributed by atoms with Crippen LogP contribution in [0.4, 0.5) is 0 Å². The Kier molecular flexibility index (Phi) is 6.18. The fourth-order valence-corrected chi connectivity index (χ4v) is 2.61. The lowest BCUT2D eigenvalue weighted by Crippen LogP contribution is -2.31. The number of carbonyl (C=O) groups is 1. The minimum Gasteiger partial charge on any atom is -0.494 e. The number of nitrogens with one attached hydrogen (secondary N) is 2. The normalized spacial score (nSPS) is 12.0. The van der Waals surface area contributed by atoms with E-state index in [4.69, 9.17) is 4.74 Å². The van der Waals surface area contributed by atoms with Crippen LogP contribution in [0.5, 0.6) is 5.75 Å². The zero-order valence-corrected chi connectivity index (χ0v) is 14.3. The number of benzene rings is 1. The molecule has 2 aromatic rings. The third kappa shape index (κ3) is 4.72. The van der Waals surface area contributed by atoms with E-state index in [1.54, 1.807) is 12.1 Å². The van der Waals surface area contributed by atoms with Gasteiger partial charge in [-0.05, 0) is 31.4 Å². The Morgan fingerprint density at radius 1 is 1.17 bits per heavy atom. The highest BCUT2D eigenvalue weighted by Crippen LogP contribution is 2.29. The molecule has 0 saturated heterocycles. The first kappa shape index (κ1) is 17.8. The summed E-state index contributed by atoms with van der Waals surface area (Å²) in [7, 11) is 0. The van der Waals surface area contributed by atoms with Crippen LogP contribution in [0.25, 0.3) is 0 Å². The molecule has 1 amide bonds. The van der Waals surface area contributed by atoms with Gasteiger partial charge in [0.2, 0.25) is 5.56 Å². The van der Waals surface area contributed by atoms with Crippen molar-refractivity contribution < 1.29 is 9.53 Å². The fourth-order valence-electron chi connectivity index (χ4n) is 2.61. The maximum Gasteiger partial charge on any atom is 0.268 e. The molecule has 128 valence electrons. The quantitative estimate of drug-likeness (QED) is 0.819. The van der Waals surface area contributed by atoms with Gasteiger partial charge in [-0.1, -0.05) is 38.1 Å². The van der Waals surface area contributed by atoms with Gasteiger partial charge in [-0.25, -0.2) is 0 Å². The number of ether oxygens (including phenoxy) is 1. The molecule has 24 heavy (non-hydrogen) atoms. The van der Waals surface area contributed by atoms with Crippen LogP contribution in [0, 0.1) is 5.92 Å². The van der Waals surface area contributed by atoms with Crippen molar-refractivity contribution in [1.82, 2.24) is 10.3 Å². The van der Waals surface area contributed by atoms with Gasteiger partial charge < -0.3 is 15.0 Å². The summed E-state index contributed by atoms with van der Waals surface area (Å²) in [4.78, 5) is 26.5. The molecule has 0 bridgehead atoms. The zero-order valence-electron chi connectivity index (χ0n) is 14.3. The van der Waals surface area contributed by atoms with Crippen LogP contribution in [0.3, 0.4) is 0 Å². The van der Waals surface area contributed by atoms with E-state index in [2.05, 4.69) is 24.1 Å². The van der Waals surface area contributed by atoms with Gasteiger partial charge in [0.15, 0.2) is 0 Å². The molecule has 0 spiro atoms. The van der Waals surface area contributed by atoms with E-state index >= 15 is 0 Å². The minimum atomic E-state index is -0.301. The molecule has 5 nitrogen and oxygen atoms in total. The molecule has 0 saturated carbocycles. The Balaban J connectivity index is 2.29. The fraction of sp³-hybridized carbons (Fsp3) is 0.368. The smallest absolute Gasteiger partial charge is 0.268 e. The average Bonchev–Trinajstić information content (AvgIpc) is 2.54. The summed E-state index contributed by atoms with van der Waals surface area (Å²) in [5.74, 6) is 0.858. The average molecular weight is 328 g/mol. The standard InChI is InChI=1S/C19H24N2O3/c1-4-24-17-10-6-5-8-14(17)16(12-13(2)3)21-19(23)15-9-7-11-18(22)20-15/h5-11,13,16H,4,12H2,1-3H3,(H,20,22)(H,21,23). The van der Waals surface area contributed by atoms with Gasteiger partial charge in [0, 0.05) is 11.6 Å². The highest BCUT2D eigenvalue weighted by molar-refractivity contribution is 5.92. The SMILES string of the molecule is CCOc1ccccc1C(CC(C)C)NC(=O)c1cccc(=O)[nH]1. The van der Waals surface area contributed by atoms with Crippen LogP contribution < -0.4 is 15.6 Å². The third-order valence-electron chi connectivity index (χ3n) is 3.62. The van der Waals surface area contributed by atoms with E-state index in [1.807, 2.05) is 31.2 Å². The van der Waals surface area contributed by atoms with Crippen LogP contribution >= 0.6 is 0 Å². The summed E-state index contributed by atoms with van der Waals surface area (Å²) < 4.78 is 5.70. The van der Waals surface area contributed by atoms with E-state index in [9.17, 15) is 9.59 Å². The van der Waals surface area contributed by atoms with Gasteiger partial charge in [0.05, 0.1) is 12.6 Å². The van der Waals surface area contributed by atoms with Gasteiger partial charge in [-0.3, -0.25) is 9.59 Å². The number of aromatic nitrogens is 1. The van der Waals surface area contributed by atoms with Crippen LogP contribution in [0.1, 0.15) is 49.3 Å². The van der Waals surface area contributed by atoms with Crippen LogP contribution in [0.15, 0.2) is 47.3 Å². The number of pyridine rings is 1. The molecular formula is C19H24N2O3. The highest BCUT2D eigenvalue weighted by Gasteiger charge is 2.20. The highest BCUT2D eigenvalue weighted by atomic mass is 16.5. The molecule has 0 aliphatic heterocycles. The summed E-state index contributed by atoms with van der Waals surface area (Å²) in [5, 5.41) is 3.02. The van der Waals surface area contributed by atoms with Crippen LogP contribution in [-0.4, -0.2) is 17.5 Å². The van der Waals surface area contributed by atoms with E-state index < -0.39 is 0 Å². The molecule has 1 atom stereocenters. The molecule has 2 N–H and O–H groups in total. The summed E-state index contributed by atoms with van der Waals surface area (Å²) >= 11 is 0. The summed E-state index contributed by atoms with van der Waals surface area (Å²) in [5.41, 5.74) is 0.905. The lowest BCUT2D eigenvalue weighted by atomic mass is 9.96. The Morgan fingerprint density at radius 3 is 2.58 bits per heavy atom. The molecular weight excluding hydrogens is 304 g/mol. The first-order valence-electron chi connectivity index (χ1n) is 8.23. The largest absolute Gasteiger partial charge is 0.494 e. The van der Waals surface area contributed by atoms with Gasteiger partial charge in [0.1, 0.15) is 11.4 Å². The lowest BCUT2D eigenvalue weighted by molar-refractivity contribution is 0.0926. The number of para-hydroxylation sites is 1. The van der Waals surface area contributed by atoms with Gasteiger partial charge in [-0.15, -0.1) is 0 Å². The van der Waals surface area contributed by atoms with Gasteiger partial charge >= 0.3 is 0 Å². The molecule has 0 fully saturated rings. The number of hydrogen-bond donors (Lipinski definition) is 2. The molecule has 5 heteroatoms. The van der Waals surface area contributed by atoms with E-state index in [-0.39, 0.29) is 23.2 Å². The minimum absolute atomic E-state index is 0.191. The number of rotatable bonds is 7. The molecule has 2 rings (SSSR count). The van der Waals surface area contributed by atoms with Crippen molar-refractivity contribution in [3.63, 3.8) is 0 Å². The second-order valence-electron chi connectivity index (χ2n) is 6.06. The maximum absolute atomic E-state index is 12.5. The van der Waals surface area contributed by atoms with Crippen LogP contribution in [-0.2, 0) is 0 Å². The Bertz CT molecular complexity index is 737. The Hall–Kier alpha value is -2.56. The number of H-pyrrole nitrogens is 1. The lowest BCUT2D eigenvalue weighted by Gasteiger charge is -2.23. The molecule has 0 aliphatic carbocycles. The molecule has 0 radical (unpaired) electrons. The van der Waals surface area contributed by atoms with E-state index in [0.717, 1.165) is 17.7 Å². The Morgan fingerprint density at radius 2 is 1.92 bits per heavy atom. The van der Waals surface area contributed by atoms with E-state index in [0.29, 0.717) is 12.5 Å². The van der Waals surface area contributed by atoms with Crippen molar-refractivity contribution in [2.45, 2.75) is 33.2 Å². The monoisotopic (exact) mass is 328 g/mol. The van der Waals surface area contributed by atoms with E-state index in [1.165, 1.54) is 6.07 Å². The molecule has 1 aromatic carbocycles. The first-order chi connectivity index (χ1) is 11.5. The van der Waals surface area contributed by atoms with Crippen molar-refractivity contribution in [3.05, 3.63) is 64.1 Å². The van der Waals surface area contributed by atoms with Crippen molar-refractivity contribution in [3.8, 4) is 5.75 Å². The predicted octanol–water partition coefficient (Wildman–Crippen LogP) is 3.29. The maximum atomic E-state index is 12.5. The van der Waals surface area contributed by atoms with Crippen molar-refractivity contribution in [2.24, 2.45) is 5.92 Å². The van der Waals surface area contributed by atoms with Crippen molar-refractivity contribution in [2.75, 3.05) is 6.61 Å². The number of amides is 1. The molecule has 1 unspecified atom stereocenters. The second kappa shape index (κ2) is 8.34. The topological polar surface area (TPSA) is 71.2 Å². The summed E-state index contributed by atoms with van der Waals surface area (Å²) in [6, 6.07) is 12.1. The summed E-state index contributed by atoms with van der Waals surface area (Å²) in [6.07, 6.45) is 0.771. The molecule has 1 aromatic heterocycles. The van der Waals surface area contributed by atoms with Crippen molar-refractivity contribution in [1.29, 1.82) is 0 Å². The molecule has 0 aliphatic rings. The van der Waals surface area contributed by atoms with Gasteiger partial charge in [-0.2, -0.15) is 0 Å².